The van der Waals surface area contributed by atoms with E-state index in [2.05, 4.69) is 21.2 Å². The summed E-state index contributed by atoms with van der Waals surface area (Å²) in [5, 5.41) is 3.12. The Hall–Kier alpha value is -1.55. The van der Waals surface area contributed by atoms with Crippen LogP contribution in [0.15, 0.2) is 40.9 Å². The van der Waals surface area contributed by atoms with Crippen LogP contribution in [0.5, 0.6) is 0 Å². The van der Waals surface area contributed by atoms with Gasteiger partial charge < -0.3 is 11.1 Å². The lowest BCUT2D eigenvalue weighted by Gasteiger charge is -2.09. The second kappa shape index (κ2) is 4.75. The van der Waals surface area contributed by atoms with Crippen LogP contribution >= 0.6 is 15.9 Å². The normalized spacial score (nSPS) is 10.3. The van der Waals surface area contributed by atoms with E-state index in [-0.39, 0.29) is 5.69 Å². The second-order valence-corrected chi connectivity index (χ2v) is 4.68. The zero-order valence-electron chi connectivity index (χ0n) is 9.30. The highest BCUT2D eigenvalue weighted by atomic mass is 79.9. The van der Waals surface area contributed by atoms with Crippen molar-refractivity contribution in [2.45, 2.75) is 6.92 Å². The lowest BCUT2D eigenvalue weighted by atomic mass is 10.2. The molecule has 0 aliphatic rings. The summed E-state index contributed by atoms with van der Waals surface area (Å²) in [4.78, 5) is 0. The molecule has 0 aliphatic heterocycles. The molecular formula is C13H12BrFN2. The van der Waals surface area contributed by atoms with E-state index >= 15 is 0 Å². The summed E-state index contributed by atoms with van der Waals surface area (Å²) in [5.41, 5.74) is 8.28. The largest absolute Gasteiger partial charge is 0.396 e. The predicted molar refractivity (Wildman–Crippen MR) is 73.0 cm³/mol. The molecule has 88 valence electrons. The molecule has 0 radical (unpaired) electrons. The number of aryl methyl sites for hydroxylation is 1. The monoisotopic (exact) mass is 294 g/mol. The number of halogens is 2. The van der Waals surface area contributed by atoms with Crippen LogP contribution in [-0.4, -0.2) is 0 Å². The number of hydrogen-bond donors (Lipinski definition) is 2. The fraction of sp³-hybridized carbons (Fsp3) is 0.0769. The highest BCUT2D eigenvalue weighted by molar-refractivity contribution is 9.10. The van der Waals surface area contributed by atoms with Crippen LogP contribution in [0.4, 0.5) is 21.5 Å². The molecule has 2 aromatic carbocycles. The van der Waals surface area contributed by atoms with E-state index in [1.54, 1.807) is 12.1 Å². The van der Waals surface area contributed by atoms with Gasteiger partial charge in [0.2, 0.25) is 0 Å². The van der Waals surface area contributed by atoms with Gasteiger partial charge in [0.1, 0.15) is 5.82 Å². The summed E-state index contributed by atoms with van der Waals surface area (Å²) in [6.45, 7) is 2.00. The number of hydrogen-bond acceptors (Lipinski definition) is 2. The van der Waals surface area contributed by atoms with E-state index in [0.29, 0.717) is 5.69 Å². The van der Waals surface area contributed by atoms with Gasteiger partial charge in [-0.05, 0) is 48.9 Å². The van der Waals surface area contributed by atoms with Gasteiger partial charge in [-0.15, -0.1) is 0 Å². The predicted octanol–water partition coefficient (Wildman–Crippen LogP) is 4.22. The Balaban J connectivity index is 2.25. The van der Waals surface area contributed by atoms with Crippen molar-refractivity contribution in [1.29, 1.82) is 0 Å². The molecule has 0 bridgehead atoms. The van der Waals surface area contributed by atoms with E-state index in [1.807, 2.05) is 25.1 Å². The average molecular weight is 295 g/mol. The summed E-state index contributed by atoms with van der Waals surface area (Å²) < 4.78 is 14.3. The molecule has 0 saturated heterocycles. The second-order valence-electron chi connectivity index (χ2n) is 3.83. The number of rotatable bonds is 2. The zero-order chi connectivity index (χ0) is 12.4. The first-order chi connectivity index (χ1) is 8.06. The summed E-state index contributed by atoms with van der Waals surface area (Å²) >= 11 is 3.43. The molecule has 0 unspecified atom stereocenters. The molecule has 4 heteroatoms. The molecule has 0 heterocycles. The van der Waals surface area contributed by atoms with Crippen molar-refractivity contribution in [2.24, 2.45) is 0 Å². The van der Waals surface area contributed by atoms with E-state index < -0.39 is 5.82 Å². The maximum absolute atomic E-state index is 13.3. The van der Waals surface area contributed by atoms with Gasteiger partial charge in [0.25, 0.3) is 0 Å². The minimum absolute atomic E-state index is 0.155. The van der Waals surface area contributed by atoms with E-state index in [9.17, 15) is 4.39 Å². The van der Waals surface area contributed by atoms with Crippen LogP contribution in [0.2, 0.25) is 0 Å². The molecule has 2 aromatic rings. The van der Waals surface area contributed by atoms with Gasteiger partial charge in [-0.2, -0.15) is 0 Å². The Bertz CT molecular complexity index is 506. The summed E-state index contributed by atoms with van der Waals surface area (Å²) in [5.74, 6) is -0.413. The first-order valence-electron chi connectivity index (χ1n) is 5.14. The molecule has 17 heavy (non-hydrogen) atoms. The topological polar surface area (TPSA) is 38.0 Å². The van der Waals surface area contributed by atoms with Gasteiger partial charge in [-0.1, -0.05) is 15.9 Å². The van der Waals surface area contributed by atoms with Gasteiger partial charge in [0.05, 0.1) is 5.69 Å². The van der Waals surface area contributed by atoms with Crippen molar-refractivity contribution in [3.63, 3.8) is 0 Å². The molecule has 0 aliphatic carbocycles. The number of nitrogen functional groups attached to an aromatic ring is 1. The third-order valence-electron chi connectivity index (χ3n) is 2.45. The van der Waals surface area contributed by atoms with E-state index in [0.717, 1.165) is 15.7 Å². The van der Waals surface area contributed by atoms with E-state index in [4.69, 9.17) is 5.73 Å². The minimum Gasteiger partial charge on any atom is -0.396 e. The van der Waals surface area contributed by atoms with Crippen molar-refractivity contribution in [3.8, 4) is 0 Å². The van der Waals surface area contributed by atoms with Crippen molar-refractivity contribution in [3.05, 3.63) is 52.3 Å². The van der Waals surface area contributed by atoms with E-state index in [1.165, 1.54) is 6.07 Å². The van der Waals surface area contributed by atoms with Crippen LogP contribution in [0.1, 0.15) is 5.56 Å². The molecule has 0 spiro atoms. The molecule has 3 N–H and O–H groups in total. The summed E-state index contributed by atoms with van der Waals surface area (Å²) in [6, 6.07) is 10.5. The quantitative estimate of drug-likeness (QED) is 0.814. The Morgan fingerprint density at radius 1 is 1.12 bits per heavy atom. The third-order valence-corrected chi connectivity index (χ3v) is 3.34. The highest BCUT2D eigenvalue weighted by Gasteiger charge is 2.01. The van der Waals surface area contributed by atoms with Crippen LogP contribution in [0.25, 0.3) is 0 Å². The summed E-state index contributed by atoms with van der Waals surface area (Å²) in [7, 11) is 0. The standard InChI is InChI=1S/C13H12BrFN2/c1-8-6-9(2-4-11(8)14)17-10-3-5-13(16)12(15)7-10/h2-7,17H,16H2,1H3. The van der Waals surface area contributed by atoms with Crippen molar-refractivity contribution < 1.29 is 4.39 Å². The number of nitrogens with two attached hydrogens (primary N) is 1. The highest BCUT2D eigenvalue weighted by Crippen LogP contribution is 2.24. The van der Waals surface area contributed by atoms with Crippen LogP contribution in [0.3, 0.4) is 0 Å². The first kappa shape index (κ1) is 11.9. The lowest BCUT2D eigenvalue weighted by Crippen LogP contribution is -1.95. The summed E-state index contributed by atoms with van der Waals surface area (Å²) in [6.07, 6.45) is 0. The van der Waals surface area contributed by atoms with Crippen LogP contribution in [-0.2, 0) is 0 Å². The molecule has 0 fully saturated rings. The number of anilines is 3. The average Bonchev–Trinajstić information content (AvgIpc) is 2.29. The smallest absolute Gasteiger partial charge is 0.148 e. The molecule has 0 aromatic heterocycles. The maximum Gasteiger partial charge on any atom is 0.148 e. The maximum atomic E-state index is 13.3. The minimum atomic E-state index is -0.413. The van der Waals surface area contributed by atoms with Gasteiger partial charge in [0.15, 0.2) is 0 Å². The Kier molecular flexibility index (Phi) is 3.33. The Labute approximate surface area is 108 Å². The SMILES string of the molecule is Cc1cc(Nc2ccc(N)c(F)c2)ccc1Br. The molecule has 0 saturated carbocycles. The van der Waals surface area contributed by atoms with Crippen LogP contribution < -0.4 is 11.1 Å². The van der Waals surface area contributed by atoms with Crippen molar-refractivity contribution in [2.75, 3.05) is 11.1 Å². The molecule has 2 nitrogen and oxygen atoms in total. The van der Waals surface area contributed by atoms with Gasteiger partial charge in [-0.25, -0.2) is 4.39 Å². The van der Waals surface area contributed by atoms with Gasteiger partial charge in [0, 0.05) is 15.8 Å². The van der Waals surface area contributed by atoms with Gasteiger partial charge >= 0.3 is 0 Å². The molecule has 0 atom stereocenters. The fourth-order valence-corrected chi connectivity index (χ4v) is 1.74. The number of nitrogens with one attached hydrogen (secondary N) is 1. The lowest BCUT2D eigenvalue weighted by molar-refractivity contribution is 0.633. The van der Waals surface area contributed by atoms with Crippen LogP contribution in [0, 0.1) is 12.7 Å². The Morgan fingerprint density at radius 2 is 1.76 bits per heavy atom. The van der Waals surface area contributed by atoms with Crippen molar-refractivity contribution in [1.82, 2.24) is 0 Å². The van der Waals surface area contributed by atoms with Gasteiger partial charge in [-0.3, -0.25) is 0 Å². The fourth-order valence-electron chi connectivity index (χ4n) is 1.49. The zero-order valence-corrected chi connectivity index (χ0v) is 10.9. The third kappa shape index (κ3) is 2.77. The molecule has 2 rings (SSSR count). The van der Waals surface area contributed by atoms with Crippen molar-refractivity contribution >= 4 is 33.0 Å². The molecular weight excluding hydrogens is 283 g/mol. The molecule has 0 amide bonds. The number of benzene rings is 2. The first-order valence-corrected chi connectivity index (χ1v) is 5.94. The Morgan fingerprint density at radius 3 is 2.41 bits per heavy atom.